The maximum Gasteiger partial charge on any atom is 0.141 e. The van der Waals surface area contributed by atoms with Gasteiger partial charge in [-0.15, -0.1) is 0 Å². The molecular weight excluding hydrogens is 192 g/mol. The third-order valence-electron chi connectivity index (χ3n) is 2.81. The Balaban J connectivity index is 1.73. The molecule has 1 aliphatic rings. The van der Waals surface area contributed by atoms with Crippen molar-refractivity contribution in [2.24, 2.45) is 5.92 Å². The molecule has 0 radical (unpaired) electrons. The molecule has 0 aromatic carbocycles. The molecule has 5 nitrogen and oxygen atoms in total. The summed E-state index contributed by atoms with van der Waals surface area (Å²) in [5, 5.41) is 10.1. The first kappa shape index (κ1) is 10.6. The molecule has 0 spiro atoms. The summed E-state index contributed by atoms with van der Waals surface area (Å²) >= 11 is 0. The molecule has 15 heavy (non-hydrogen) atoms. The van der Waals surface area contributed by atoms with Gasteiger partial charge in [0.2, 0.25) is 0 Å². The minimum absolute atomic E-state index is 0.231. The zero-order valence-corrected chi connectivity index (χ0v) is 9.07. The highest BCUT2D eigenvalue weighted by atomic mass is 16.5. The van der Waals surface area contributed by atoms with Gasteiger partial charge in [0.15, 0.2) is 0 Å². The Hall–Kier alpha value is -0.940. The lowest BCUT2D eigenvalue weighted by Crippen LogP contribution is -2.31. The molecule has 0 aliphatic carbocycles. The van der Waals surface area contributed by atoms with E-state index in [4.69, 9.17) is 4.74 Å². The van der Waals surface area contributed by atoms with Crippen LogP contribution in [0.5, 0.6) is 0 Å². The average molecular weight is 210 g/mol. The molecule has 2 rings (SSSR count). The average Bonchev–Trinajstić information content (AvgIpc) is 2.81. The summed E-state index contributed by atoms with van der Waals surface area (Å²) < 4.78 is 5.43. The lowest BCUT2D eigenvalue weighted by atomic mass is 10.0. The second-order valence-corrected chi connectivity index (χ2v) is 4.08. The van der Waals surface area contributed by atoms with Crippen molar-refractivity contribution in [1.82, 2.24) is 20.5 Å². The largest absolute Gasteiger partial charge is 0.381 e. The number of rotatable bonds is 4. The Bertz CT molecular complexity index is 269. The van der Waals surface area contributed by atoms with Crippen molar-refractivity contribution in [3.63, 3.8) is 0 Å². The quantitative estimate of drug-likeness (QED) is 0.774. The SMILES string of the molecule is CC(NCC1CCCOC1)c1ncn[nH]1. The topological polar surface area (TPSA) is 62.8 Å². The number of aromatic nitrogens is 3. The molecule has 0 saturated carbocycles. The van der Waals surface area contributed by atoms with Crippen LogP contribution in [0.1, 0.15) is 31.6 Å². The van der Waals surface area contributed by atoms with Crippen molar-refractivity contribution in [3.8, 4) is 0 Å². The molecular formula is C10H18N4O. The van der Waals surface area contributed by atoms with E-state index in [0.717, 1.165) is 25.6 Å². The van der Waals surface area contributed by atoms with Crippen molar-refractivity contribution in [1.29, 1.82) is 0 Å². The first-order chi connectivity index (χ1) is 7.36. The molecule has 1 aliphatic heterocycles. The van der Waals surface area contributed by atoms with Gasteiger partial charge in [0.05, 0.1) is 12.6 Å². The van der Waals surface area contributed by atoms with E-state index in [1.165, 1.54) is 19.2 Å². The van der Waals surface area contributed by atoms with Gasteiger partial charge in [0, 0.05) is 13.2 Å². The van der Waals surface area contributed by atoms with Gasteiger partial charge in [-0.05, 0) is 25.7 Å². The van der Waals surface area contributed by atoms with E-state index in [9.17, 15) is 0 Å². The fourth-order valence-electron chi connectivity index (χ4n) is 1.83. The minimum atomic E-state index is 0.231. The fraction of sp³-hybridized carbons (Fsp3) is 0.800. The third kappa shape index (κ3) is 3.00. The first-order valence-electron chi connectivity index (χ1n) is 5.52. The second kappa shape index (κ2) is 5.23. The summed E-state index contributed by atoms with van der Waals surface area (Å²) in [5.41, 5.74) is 0. The van der Waals surface area contributed by atoms with Gasteiger partial charge in [0.1, 0.15) is 12.2 Å². The van der Waals surface area contributed by atoms with Crippen LogP contribution < -0.4 is 5.32 Å². The highest BCUT2D eigenvalue weighted by Crippen LogP contribution is 2.14. The zero-order chi connectivity index (χ0) is 10.5. The van der Waals surface area contributed by atoms with Gasteiger partial charge in [-0.25, -0.2) is 4.98 Å². The maximum absolute atomic E-state index is 5.43. The Morgan fingerprint density at radius 2 is 2.67 bits per heavy atom. The standard InChI is InChI=1S/C10H18N4O/c1-8(10-12-7-13-14-10)11-5-9-3-2-4-15-6-9/h7-9,11H,2-6H2,1H3,(H,12,13,14). The molecule has 2 atom stereocenters. The van der Waals surface area contributed by atoms with Crippen molar-refractivity contribution in [3.05, 3.63) is 12.2 Å². The van der Waals surface area contributed by atoms with Gasteiger partial charge >= 0.3 is 0 Å². The normalized spacial score (nSPS) is 23.9. The van der Waals surface area contributed by atoms with Crippen LogP contribution in [0.15, 0.2) is 6.33 Å². The van der Waals surface area contributed by atoms with Crippen LogP contribution in [0.4, 0.5) is 0 Å². The number of H-pyrrole nitrogens is 1. The molecule has 84 valence electrons. The summed E-state index contributed by atoms with van der Waals surface area (Å²) in [5.74, 6) is 1.54. The molecule has 5 heteroatoms. The van der Waals surface area contributed by atoms with Crippen molar-refractivity contribution >= 4 is 0 Å². The first-order valence-corrected chi connectivity index (χ1v) is 5.52. The lowest BCUT2D eigenvalue weighted by Gasteiger charge is -2.23. The highest BCUT2D eigenvalue weighted by molar-refractivity contribution is 4.88. The summed E-state index contributed by atoms with van der Waals surface area (Å²) in [6.45, 7) is 4.89. The van der Waals surface area contributed by atoms with Crippen LogP contribution in [0.25, 0.3) is 0 Å². The molecule has 2 unspecified atom stereocenters. The molecule has 2 N–H and O–H groups in total. The Kier molecular flexibility index (Phi) is 3.69. The number of nitrogens with zero attached hydrogens (tertiary/aromatic N) is 2. The van der Waals surface area contributed by atoms with Crippen molar-refractivity contribution in [2.75, 3.05) is 19.8 Å². The summed E-state index contributed by atoms with van der Waals surface area (Å²) in [4.78, 5) is 4.12. The minimum Gasteiger partial charge on any atom is -0.381 e. The Labute approximate surface area is 89.6 Å². The summed E-state index contributed by atoms with van der Waals surface area (Å²) in [7, 11) is 0. The molecule has 1 aromatic heterocycles. The van der Waals surface area contributed by atoms with Crippen LogP contribution in [-0.2, 0) is 4.74 Å². The molecule has 2 heterocycles. The van der Waals surface area contributed by atoms with Crippen molar-refractivity contribution < 1.29 is 4.74 Å². The van der Waals surface area contributed by atoms with Crippen LogP contribution >= 0.6 is 0 Å². The van der Waals surface area contributed by atoms with Crippen LogP contribution in [0, 0.1) is 5.92 Å². The van der Waals surface area contributed by atoms with Crippen molar-refractivity contribution in [2.45, 2.75) is 25.8 Å². The summed E-state index contributed by atoms with van der Waals surface area (Å²) in [6, 6.07) is 0.231. The molecule has 1 saturated heterocycles. The molecule has 0 amide bonds. The van der Waals surface area contributed by atoms with Gasteiger partial charge in [-0.2, -0.15) is 5.10 Å². The van der Waals surface area contributed by atoms with E-state index < -0.39 is 0 Å². The smallest absolute Gasteiger partial charge is 0.141 e. The van der Waals surface area contributed by atoms with Crippen LogP contribution in [0.3, 0.4) is 0 Å². The number of hydrogen-bond donors (Lipinski definition) is 2. The van der Waals surface area contributed by atoms with E-state index in [2.05, 4.69) is 27.4 Å². The molecule has 1 fully saturated rings. The van der Waals surface area contributed by atoms with E-state index in [1.54, 1.807) is 0 Å². The molecule has 1 aromatic rings. The van der Waals surface area contributed by atoms with E-state index in [-0.39, 0.29) is 6.04 Å². The van der Waals surface area contributed by atoms with Gasteiger partial charge in [-0.1, -0.05) is 0 Å². The monoisotopic (exact) mass is 210 g/mol. The Morgan fingerprint density at radius 3 is 3.33 bits per heavy atom. The maximum atomic E-state index is 5.43. The lowest BCUT2D eigenvalue weighted by molar-refractivity contribution is 0.0539. The van der Waals surface area contributed by atoms with E-state index in [0.29, 0.717) is 5.92 Å². The van der Waals surface area contributed by atoms with E-state index >= 15 is 0 Å². The van der Waals surface area contributed by atoms with Crippen LogP contribution in [0.2, 0.25) is 0 Å². The second-order valence-electron chi connectivity index (χ2n) is 4.08. The number of ether oxygens (including phenoxy) is 1. The number of hydrogen-bond acceptors (Lipinski definition) is 4. The van der Waals surface area contributed by atoms with Gasteiger partial charge in [-0.3, -0.25) is 5.10 Å². The third-order valence-corrected chi connectivity index (χ3v) is 2.81. The summed E-state index contributed by atoms with van der Waals surface area (Å²) in [6.07, 6.45) is 3.98. The Morgan fingerprint density at radius 1 is 1.73 bits per heavy atom. The van der Waals surface area contributed by atoms with E-state index in [1.807, 2.05) is 0 Å². The predicted octanol–water partition coefficient (Wildman–Crippen LogP) is 0.882. The number of aromatic amines is 1. The predicted molar refractivity (Wildman–Crippen MR) is 56.3 cm³/mol. The molecule has 0 bridgehead atoms. The zero-order valence-electron chi connectivity index (χ0n) is 9.07. The fourth-order valence-corrected chi connectivity index (χ4v) is 1.83. The van der Waals surface area contributed by atoms with Crippen LogP contribution in [-0.4, -0.2) is 34.9 Å². The van der Waals surface area contributed by atoms with Gasteiger partial charge in [0.25, 0.3) is 0 Å². The number of nitrogens with one attached hydrogen (secondary N) is 2. The highest BCUT2D eigenvalue weighted by Gasteiger charge is 2.15. The van der Waals surface area contributed by atoms with Gasteiger partial charge < -0.3 is 10.1 Å².